The lowest BCUT2D eigenvalue weighted by molar-refractivity contribution is -0.121. The van der Waals surface area contributed by atoms with Gasteiger partial charge >= 0.3 is 0 Å². The van der Waals surface area contributed by atoms with Crippen LogP contribution < -0.4 is 5.32 Å². The molecule has 1 aromatic heterocycles. The fraction of sp³-hybridized carbons (Fsp3) is 0.304. The van der Waals surface area contributed by atoms with Gasteiger partial charge in [-0.1, -0.05) is 48.5 Å². The number of hydrogen-bond acceptors (Lipinski definition) is 2. The third-order valence-electron chi connectivity index (χ3n) is 5.32. The molecule has 0 unspecified atom stereocenters. The first-order valence-electron chi connectivity index (χ1n) is 9.69. The number of aromatic nitrogens is 1. The number of fused-ring (bicyclic) bond motifs is 3. The fourth-order valence-corrected chi connectivity index (χ4v) is 4.02. The van der Waals surface area contributed by atoms with Crippen molar-refractivity contribution in [1.82, 2.24) is 9.88 Å². The van der Waals surface area contributed by atoms with Crippen LogP contribution in [0.15, 0.2) is 54.6 Å². The number of carbonyl (C=O) groups excluding carboxylic acids is 2. The first kappa shape index (κ1) is 17.5. The van der Waals surface area contributed by atoms with Gasteiger partial charge in [-0.25, -0.2) is 0 Å². The zero-order chi connectivity index (χ0) is 18.6. The Hall–Kier alpha value is -2.88. The average molecular weight is 360 g/mol. The SMILES string of the molecule is O=C(CCc1ccccc1)NCCc1c2n(c3ccccc13)C(=O)CCC2. The number of benzene rings is 2. The Morgan fingerprint density at radius 3 is 2.59 bits per heavy atom. The van der Waals surface area contributed by atoms with E-state index < -0.39 is 0 Å². The van der Waals surface area contributed by atoms with E-state index in [1.807, 2.05) is 53.1 Å². The van der Waals surface area contributed by atoms with Crippen LogP contribution in [0.5, 0.6) is 0 Å². The number of amides is 1. The van der Waals surface area contributed by atoms with Gasteiger partial charge in [-0.05, 0) is 42.9 Å². The Bertz CT molecular complexity index is 973. The molecular weight excluding hydrogens is 336 g/mol. The molecule has 4 nitrogen and oxygen atoms in total. The molecule has 4 heteroatoms. The van der Waals surface area contributed by atoms with Crippen LogP contribution in [0.1, 0.15) is 40.9 Å². The molecule has 3 aromatic rings. The summed E-state index contributed by atoms with van der Waals surface area (Å²) in [5.74, 6) is 0.262. The van der Waals surface area contributed by atoms with E-state index in [4.69, 9.17) is 0 Å². The molecule has 1 amide bonds. The van der Waals surface area contributed by atoms with E-state index in [0.29, 0.717) is 19.4 Å². The van der Waals surface area contributed by atoms with Crippen molar-refractivity contribution in [3.05, 3.63) is 71.4 Å². The fourth-order valence-electron chi connectivity index (χ4n) is 4.02. The molecular formula is C23H24N2O2. The van der Waals surface area contributed by atoms with Crippen molar-refractivity contribution < 1.29 is 9.59 Å². The summed E-state index contributed by atoms with van der Waals surface area (Å²) in [7, 11) is 0. The van der Waals surface area contributed by atoms with E-state index in [-0.39, 0.29) is 11.8 Å². The number of aryl methyl sites for hydroxylation is 1. The van der Waals surface area contributed by atoms with E-state index in [9.17, 15) is 9.59 Å². The number of nitrogens with zero attached hydrogens (tertiary/aromatic N) is 1. The summed E-state index contributed by atoms with van der Waals surface area (Å²) in [4.78, 5) is 24.6. The maximum atomic E-state index is 12.4. The number of carbonyl (C=O) groups is 2. The van der Waals surface area contributed by atoms with Gasteiger partial charge in [-0.2, -0.15) is 0 Å². The van der Waals surface area contributed by atoms with Crippen molar-refractivity contribution >= 4 is 22.7 Å². The van der Waals surface area contributed by atoms with Crippen LogP contribution in [0.3, 0.4) is 0 Å². The Labute approximate surface area is 159 Å². The Morgan fingerprint density at radius 1 is 0.963 bits per heavy atom. The van der Waals surface area contributed by atoms with Crippen molar-refractivity contribution in [3.8, 4) is 0 Å². The lowest BCUT2D eigenvalue weighted by Gasteiger charge is -2.16. The zero-order valence-electron chi connectivity index (χ0n) is 15.4. The molecule has 0 saturated carbocycles. The summed E-state index contributed by atoms with van der Waals surface area (Å²) in [6, 6.07) is 18.2. The molecule has 2 heterocycles. The zero-order valence-corrected chi connectivity index (χ0v) is 15.4. The van der Waals surface area contributed by atoms with Crippen molar-refractivity contribution in [2.45, 2.75) is 38.5 Å². The topological polar surface area (TPSA) is 51.1 Å². The first-order valence-corrected chi connectivity index (χ1v) is 9.69. The second-order valence-electron chi connectivity index (χ2n) is 7.11. The second kappa shape index (κ2) is 7.78. The van der Waals surface area contributed by atoms with Gasteiger partial charge in [-0.15, -0.1) is 0 Å². The lowest BCUT2D eigenvalue weighted by Crippen LogP contribution is -2.26. The van der Waals surface area contributed by atoms with Gasteiger partial charge in [0.15, 0.2) is 0 Å². The Balaban J connectivity index is 1.42. The van der Waals surface area contributed by atoms with Crippen LogP contribution in [0.4, 0.5) is 0 Å². The highest BCUT2D eigenvalue weighted by atomic mass is 16.2. The molecule has 0 saturated heterocycles. The van der Waals surface area contributed by atoms with Crippen molar-refractivity contribution in [2.75, 3.05) is 6.54 Å². The molecule has 2 aromatic carbocycles. The van der Waals surface area contributed by atoms with E-state index >= 15 is 0 Å². The standard InChI is InChI=1S/C23H24N2O2/c26-22(14-13-17-7-2-1-3-8-17)24-16-15-19-18-9-4-5-10-20(18)25-21(19)11-6-12-23(25)27/h1-5,7-10H,6,11-16H2,(H,24,26). The highest BCUT2D eigenvalue weighted by Crippen LogP contribution is 2.30. The number of nitrogens with one attached hydrogen (secondary N) is 1. The molecule has 1 aliphatic heterocycles. The quantitative estimate of drug-likeness (QED) is 0.725. The monoisotopic (exact) mass is 360 g/mol. The first-order chi connectivity index (χ1) is 13.2. The maximum absolute atomic E-state index is 12.4. The van der Waals surface area contributed by atoms with Gasteiger partial charge in [0, 0.05) is 30.5 Å². The largest absolute Gasteiger partial charge is 0.356 e. The van der Waals surface area contributed by atoms with Gasteiger partial charge in [0.25, 0.3) is 0 Å². The van der Waals surface area contributed by atoms with Crippen LogP contribution in [-0.4, -0.2) is 22.9 Å². The van der Waals surface area contributed by atoms with Gasteiger partial charge < -0.3 is 5.32 Å². The highest BCUT2D eigenvalue weighted by molar-refractivity contribution is 5.96. The molecule has 0 bridgehead atoms. The van der Waals surface area contributed by atoms with Crippen molar-refractivity contribution in [2.24, 2.45) is 0 Å². The minimum Gasteiger partial charge on any atom is -0.356 e. The molecule has 1 N–H and O–H groups in total. The summed E-state index contributed by atoms with van der Waals surface area (Å²) < 4.78 is 1.89. The molecule has 0 atom stereocenters. The molecule has 0 aliphatic carbocycles. The lowest BCUT2D eigenvalue weighted by atomic mass is 10.0. The van der Waals surface area contributed by atoms with Crippen LogP contribution in [0.2, 0.25) is 0 Å². The van der Waals surface area contributed by atoms with Gasteiger partial charge in [0.2, 0.25) is 11.8 Å². The minimum atomic E-state index is 0.0762. The predicted molar refractivity (Wildman–Crippen MR) is 107 cm³/mol. The van der Waals surface area contributed by atoms with E-state index in [0.717, 1.165) is 42.3 Å². The molecule has 1 aliphatic rings. The highest BCUT2D eigenvalue weighted by Gasteiger charge is 2.24. The summed E-state index contributed by atoms with van der Waals surface area (Å²) >= 11 is 0. The van der Waals surface area contributed by atoms with E-state index in [1.54, 1.807) is 0 Å². The smallest absolute Gasteiger partial charge is 0.231 e. The molecule has 0 spiro atoms. The maximum Gasteiger partial charge on any atom is 0.231 e. The van der Waals surface area contributed by atoms with E-state index in [1.165, 1.54) is 11.1 Å². The Kier molecular flexibility index (Phi) is 5.05. The van der Waals surface area contributed by atoms with Crippen LogP contribution in [0, 0.1) is 0 Å². The van der Waals surface area contributed by atoms with Crippen molar-refractivity contribution in [3.63, 3.8) is 0 Å². The summed E-state index contributed by atoms with van der Waals surface area (Å²) in [6.45, 7) is 0.600. The third kappa shape index (κ3) is 3.65. The number of rotatable bonds is 6. The Morgan fingerprint density at radius 2 is 1.74 bits per heavy atom. The summed E-state index contributed by atoms with van der Waals surface area (Å²) in [5.41, 5.74) is 4.52. The van der Waals surface area contributed by atoms with Gasteiger partial charge in [0.1, 0.15) is 0 Å². The van der Waals surface area contributed by atoms with Crippen LogP contribution in [0.25, 0.3) is 10.9 Å². The molecule has 0 radical (unpaired) electrons. The molecule has 27 heavy (non-hydrogen) atoms. The van der Waals surface area contributed by atoms with Crippen molar-refractivity contribution in [1.29, 1.82) is 0 Å². The van der Waals surface area contributed by atoms with Gasteiger partial charge in [-0.3, -0.25) is 14.2 Å². The molecule has 0 fully saturated rings. The minimum absolute atomic E-state index is 0.0762. The summed E-state index contributed by atoms with van der Waals surface area (Å²) in [6.07, 6.45) is 4.46. The number of hydrogen-bond donors (Lipinski definition) is 1. The third-order valence-corrected chi connectivity index (χ3v) is 5.32. The normalized spacial score (nSPS) is 13.6. The second-order valence-corrected chi connectivity index (χ2v) is 7.11. The average Bonchev–Trinajstić information content (AvgIpc) is 3.02. The van der Waals surface area contributed by atoms with Crippen LogP contribution in [-0.2, 0) is 24.1 Å². The van der Waals surface area contributed by atoms with E-state index in [2.05, 4.69) is 11.4 Å². The molecule has 138 valence electrons. The predicted octanol–water partition coefficient (Wildman–Crippen LogP) is 3.91. The number of para-hydroxylation sites is 1. The van der Waals surface area contributed by atoms with Crippen LogP contribution >= 0.6 is 0 Å². The molecule has 4 rings (SSSR count). The summed E-state index contributed by atoms with van der Waals surface area (Å²) in [5, 5.41) is 4.18. The van der Waals surface area contributed by atoms with Gasteiger partial charge in [0.05, 0.1) is 5.52 Å².